The van der Waals surface area contributed by atoms with Gasteiger partial charge in [0.15, 0.2) is 5.82 Å². The summed E-state index contributed by atoms with van der Waals surface area (Å²) < 4.78 is 5.24. The normalized spacial score (nSPS) is 30.0. The van der Waals surface area contributed by atoms with Crippen LogP contribution in [0.5, 0.6) is 0 Å². The standard InChI is InChI=1S/C23H23Br2ClN6O/c24-18-11-31(10-14-1-3-17(26)4-2-14)29-19(18)28-20(33)22-6-15-5-16(7-22)9-23(8-15,12-22)32-13-27-21(25)30-32/h1-4,11,13,15-16H,5-10,12H2,(H,28,29,33). The van der Waals surface area contributed by atoms with Crippen molar-refractivity contribution in [2.45, 2.75) is 50.6 Å². The van der Waals surface area contributed by atoms with E-state index in [0.717, 1.165) is 42.1 Å². The van der Waals surface area contributed by atoms with Crippen molar-refractivity contribution in [1.82, 2.24) is 24.5 Å². The van der Waals surface area contributed by atoms with Crippen molar-refractivity contribution in [3.05, 3.63) is 56.6 Å². The lowest BCUT2D eigenvalue weighted by atomic mass is 9.46. The van der Waals surface area contributed by atoms with Crippen LogP contribution in [0.3, 0.4) is 0 Å². The fourth-order valence-corrected chi connectivity index (χ4v) is 7.60. The van der Waals surface area contributed by atoms with Gasteiger partial charge in [-0.25, -0.2) is 9.67 Å². The molecule has 1 amide bonds. The van der Waals surface area contributed by atoms with Gasteiger partial charge < -0.3 is 5.32 Å². The van der Waals surface area contributed by atoms with Gasteiger partial charge in [-0.05, 0) is 99.9 Å². The van der Waals surface area contributed by atoms with Crippen molar-refractivity contribution >= 4 is 55.2 Å². The van der Waals surface area contributed by atoms with Gasteiger partial charge in [-0.2, -0.15) is 5.10 Å². The van der Waals surface area contributed by atoms with E-state index in [-0.39, 0.29) is 16.9 Å². The topological polar surface area (TPSA) is 77.6 Å². The molecule has 4 bridgehead atoms. The molecule has 2 aromatic heterocycles. The van der Waals surface area contributed by atoms with Gasteiger partial charge in [0.25, 0.3) is 0 Å². The highest BCUT2D eigenvalue weighted by molar-refractivity contribution is 9.10. The van der Waals surface area contributed by atoms with Gasteiger partial charge in [0, 0.05) is 11.2 Å². The number of hydrogen-bond donors (Lipinski definition) is 1. The molecule has 0 saturated heterocycles. The molecule has 4 fully saturated rings. The number of hydrogen-bond acceptors (Lipinski definition) is 4. The molecule has 3 aromatic rings. The van der Waals surface area contributed by atoms with Crippen LogP contribution in [0.25, 0.3) is 0 Å². The van der Waals surface area contributed by atoms with E-state index in [9.17, 15) is 4.79 Å². The predicted molar refractivity (Wildman–Crippen MR) is 132 cm³/mol. The Bertz CT molecular complexity index is 1210. The van der Waals surface area contributed by atoms with Gasteiger partial charge in [-0.3, -0.25) is 9.48 Å². The molecule has 7 rings (SSSR count). The van der Waals surface area contributed by atoms with Crippen molar-refractivity contribution in [3.8, 4) is 0 Å². The quantitative estimate of drug-likeness (QED) is 0.415. The molecule has 10 heteroatoms. The fourth-order valence-electron chi connectivity index (χ4n) is 6.80. The number of carbonyl (C=O) groups excluding carboxylic acids is 1. The molecule has 1 aromatic carbocycles. The first kappa shape index (κ1) is 21.8. The van der Waals surface area contributed by atoms with Gasteiger partial charge in [-0.15, -0.1) is 5.10 Å². The van der Waals surface area contributed by atoms with E-state index in [1.54, 1.807) is 0 Å². The highest BCUT2D eigenvalue weighted by atomic mass is 79.9. The molecular formula is C23H23Br2ClN6O. The Kier molecular flexibility index (Phi) is 5.23. The smallest absolute Gasteiger partial charge is 0.231 e. The first-order valence-corrected chi connectivity index (χ1v) is 13.2. The molecule has 1 N–H and O–H groups in total. The average Bonchev–Trinajstić information content (AvgIpc) is 3.35. The maximum Gasteiger partial charge on any atom is 0.231 e. The molecule has 0 spiro atoms. The minimum Gasteiger partial charge on any atom is -0.308 e. The second-order valence-corrected chi connectivity index (χ2v) is 12.0. The van der Waals surface area contributed by atoms with Crippen LogP contribution < -0.4 is 5.32 Å². The predicted octanol–water partition coefficient (Wildman–Crippen LogP) is 5.64. The summed E-state index contributed by atoms with van der Waals surface area (Å²) in [6.07, 6.45) is 9.77. The minimum atomic E-state index is -0.387. The van der Waals surface area contributed by atoms with Gasteiger partial charge in [0.1, 0.15) is 6.33 Å². The summed E-state index contributed by atoms with van der Waals surface area (Å²) in [6, 6.07) is 7.70. The highest BCUT2D eigenvalue weighted by Crippen LogP contribution is 2.64. The molecular weight excluding hydrogens is 572 g/mol. The zero-order valence-corrected chi connectivity index (χ0v) is 21.8. The molecule has 7 nitrogen and oxygen atoms in total. The van der Waals surface area contributed by atoms with Crippen molar-refractivity contribution in [1.29, 1.82) is 0 Å². The van der Waals surface area contributed by atoms with Crippen molar-refractivity contribution in [2.24, 2.45) is 17.3 Å². The Balaban J connectivity index is 1.24. The van der Waals surface area contributed by atoms with Crippen LogP contribution in [0.2, 0.25) is 5.02 Å². The first-order valence-electron chi connectivity index (χ1n) is 11.2. The van der Waals surface area contributed by atoms with E-state index in [1.165, 1.54) is 6.42 Å². The molecule has 0 aliphatic heterocycles. The molecule has 4 aliphatic carbocycles. The molecule has 4 saturated carbocycles. The monoisotopic (exact) mass is 592 g/mol. The zero-order chi connectivity index (χ0) is 22.8. The summed E-state index contributed by atoms with van der Waals surface area (Å²) in [5.41, 5.74) is 0.586. The Labute approximate surface area is 213 Å². The summed E-state index contributed by atoms with van der Waals surface area (Å²) in [5.74, 6) is 1.75. The van der Waals surface area contributed by atoms with Crippen LogP contribution in [0, 0.1) is 17.3 Å². The molecule has 0 radical (unpaired) electrons. The van der Waals surface area contributed by atoms with Crippen molar-refractivity contribution in [3.63, 3.8) is 0 Å². The summed E-state index contributed by atoms with van der Waals surface area (Å²) in [7, 11) is 0. The second kappa shape index (κ2) is 7.92. The van der Waals surface area contributed by atoms with E-state index in [2.05, 4.69) is 52.4 Å². The largest absolute Gasteiger partial charge is 0.308 e. The van der Waals surface area contributed by atoms with E-state index in [4.69, 9.17) is 11.6 Å². The zero-order valence-electron chi connectivity index (χ0n) is 17.8. The van der Waals surface area contributed by atoms with Gasteiger partial charge in [0.2, 0.25) is 10.6 Å². The molecule has 33 heavy (non-hydrogen) atoms. The lowest BCUT2D eigenvalue weighted by Gasteiger charge is -2.60. The van der Waals surface area contributed by atoms with Crippen LogP contribution in [-0.4, -0.2) is 30.5 Å². The number of rotatable bonds is 5. The SMILES string of the molecule is O=C(Nc1nn(Cc2ccc(Cl)cc2)cc1Br)C12CC3CC(C1)CC(n1cnc(Br)n1)(C3)C2. The van der Waals surface area contributed by atoms with Gasteiger partial charge in [-0.1, -0.05) is 23.7 Å². The number of anilines is 1. The molecule has 172 valence electrons. The number of halogens is 3. The van der Waals surface area contributed by atoms with E-state index >= 15 is 0 Å². The van der Waals surface area contributed by atoms with Crippen LogP contribution in [0.15, 0.2) is 46.0 Å². The summed E-state index contributed by atoms with van der Waals surface area (Å²) in [6.45, 7) is 0.602. The number of aromatic nitrogens is 5. The van der Waals surface area contributed by atoms with Crippen molar-refractivity contribution < 1.29 is 4.79 Å². The first-order chi connectivity index (χ1) is 15.8. The Hall–Kier alpha value is -1.71. The third kappa shape index (κ3) is 3.86. The van der Waals surface area contributed by atoms with Crippen LogP contribution in [0.1, 0.15) is 44.1 Å². The maximum absolute atomic E-state index is 13.8. The Morgan fingerprint density at radius 2 is 1.85 bits per heavy atom. The second-order valence-electron chi connectivity index (χ2n) is 10.0. The average molecular weight is 595 g/mol. The van der Waals surface area contributed by atoms with Gasteiger partial charge in [0.05, 0.1) is 22.0 Å². The van der Waals surface area contributed by atoms with Crippen LogP contribution >= 0.6 is 43.5 Å². The van der Waals surface area contributed by atoms with E-state index < -0.39 is 0 Å². The molecule has 2 atom stereocenters. The summed E-state index contributed by atoms with van der Waals surface area (Å²) in [4.78, 5) is 18.1. The maximum atomic E-state index is 13.8. The minimum absolute atomic E-state index is 0.0811. The van der Waals surface area contributed by atoms with E-state index in [1.807, 2.05) is 46.2 Å². The molecule has 2 heterocycles. The van der Waals surface area contributed by atoms with Crippen LogP contribution in [-0.2, 0) is 16.9 Å². The lowest BCUT2D eigenvalue weighted by Crippen LogP contribution is -2.60. The summed E-state index contributed by atoms with van der Waals surface area (Å²) >= 11 is 13.0. The van der Waals surface area contributed by atoms with Crippen LogP contribution in [0.4, 0.5) is 5.82 Å². The lowest BCUT2D eigenvalue weighted by molar-refractivity contribution is -0.150. The number of nitrogens with zero attached hydrogens (tertiary/aromatic N) is 5. The molecule has 4 aliphatic rings. The number of carbonyl (C=O) groups is 1. The van der Waals surface area contributed by atoms with Crippen molar-refractivity contribution in [2.75, 3.05) is 5.32 Å². The number of benzene rings is 1. The summed E-state index contributed by atoms with van der Waals surface area (Å²) in [5, 5.41) is 13.1. The van der Waals surface area contributed by atoms with E-state index in [0.29, 0.717) is 34.0 Å². The third-order valence-electron chi connectivity index (χ3n) is 7.67. The fraction of sp³-hybridized carbons (Fsp3) is 0.478. The Morgan fingerprint density at radius 3 is 2.52 bits per heavy atom. The number of amides is 1. The number of nitrogens with one attached hydrogen (secondary N) is 1. The van der Waals surface area contributed by atoms with Gasteiger partial charge >= 0.3 is 0 Å². The Morgan fingerprint density at radius 1 is 1.12 bits per heavy atom. The highest BCUT2D eigenvalue weighted by Gasteiger charge is 2.61. The third-order valence-corrected chi connectivity index (χ3v) is 8.86. The molecule has 2 unspecified atom stereocenters.